The molecular weight excluding hydrogens is 206 g/mol. The number of nitrogens with one attached hydrogen (secondary N) is 1. The fraction of sp³-hybridized carbons (Fsp3) is 0.455. The SMILES string of the molecule is CN(C=O)CCCNC(=O)c1cccn1C. The molecule has 0 aliphatic heterocycles. The Kier molecular flexibility index (Phi) is 4.57. The van der Waals surface area contributed by atoms with Crippen LogP contribution in [0.2, 0.25) is 0 Å². The zero-order chi connectivity index (χ0) is 12.0. The predicted molar refractivity (Wildman–Crippen MR) is 61.1 cm³/mol. The number of amides is 2. The number of rotatable bonds is 6. The van der Waals surface area contributed by atoms with Crippen LogP contribution in [0.1, 0.15) is 16.9 Å². The number of hydrogen-bond acceptors (Lipinski definition) is 2. The summed E-state index contributed by atoms with van der Waals surface area (Å²) in [4.78, 5) is 23.5. The Morgan fingerprint density at radius 2 is 2.38 bits per heavy atom. The van der Waals surface area contributed by atoms with Crippen LogP contribution in [0.15, 0.2) is 18.3 Å². The molecule has 0 saturated carbocycles. The Morgan fingerprint density at radius 3 is 2.94 bits per heavy atom. The normalized spacial score (nSPS) is 9.88. The Hall–Kier alpha value is -1.78. The molecule has 2 amide bonds. The van der Waals surface area contributed by atoms with Crippen molar-refractivity contribution in [3.8, 4) is 0 Å². The Labute approximate surface area is 95.0 Å². The smallest absolute Gasteiger partial charge is 0.267 e. The third kappa shape index (κ3) is 3.42. The summed E-state index contributed by atoms with van der Waals surface area (Å²) in [6.07, 6.45) is 3.36. The van der Waals surface area contributed by atoms with E-state index in [2.05, 4.69) is 5.32 Å². The van der Waals surface area contributed by atoms with Gasteiger partial charge in [0.05, 0.1) is 0 Å². The number of carbonyl (C=O) groups is 2. The predicted octanol–water partition coefficient (Wildman–Crippen LogP) is 0.233. The molecule has 88 valence electrons. The summed E-state index contributed by atoms with van der Waals surface area (Å²) >= 11 is 0. The second-order valence-corrected chi connectivity index (χ2v) is 3.70. The van der Waals surface area contributed by atoms with Crippen molar-refractivity contribution in [3.63, 3.8) is 0 Å². The van der Waals surface area contributed by atoms with E-state index in [-0.39, 0.29) is 5.91 Å². The van der Waals surface area contributed by atoms with Gasteiger partial charge in [0.25, 0.3) is 5.91 Å². The second kappa shape index (κ2) is 5.95. The van der Waals surface area contributed by atoms with Crippen LogP contribution in [0.5, 0.6) is 0 Å². The summed E-state index contributed by atoms with van der Waals surface area (Å²) in [5.74, 6) is -0.0822. The second-order valence-electron chi connectivity index (χ2n) is 3.70. The van der Waals surface area contributed by atoms with Crippen LogP contribution in [0.3, 0.4) is 0 Å². The van der Waals surface area contributed by atoms with Gasteiger partial charge >= 0.3 is 0 Å². The maximum atomic E-state index is 11.6. The highest BCUT2D eigenvalue weighted by atomic mass is 16.2. The number of nitrogens with zero attached hydrogens (tertiary/aromatic N) is 2. The molecule has 0 aliphatic carbocycles. The molecule has 1 aromatic rings. The maximum Gasteiger partial charge on any atom is 0.267 e. The first-order valence-corrected chi connectivity index (χ1v) is 5.20. The molecule has 1 aromatic heterocycles. The van der Waals surface area contributed by atoms with Crippen LogP contribution in [0, 0.1) is 0 Å². The molecular formula is C11H17N3O2. The molecule has 0 aliphatic rings. The first kappa shape index (κ1) is 12.3. The largest absolute Gasteiger partial charge is 0.351 e. The summed E-state index contributed by atoms with van der Waals surface area (Å²) in [7, 11) is 3.54. The van der Waals surface area contributed by atoms with Gasteiger partial charge in [0, 0.05) is 33.4 Å². The highest BCUT2D eigenvalue weighted by Crippen LogP contribution is 1.98. The molecule has 0 atom stereocenters. The highest BCUT2D eigenvalue weighted by molar-refractivity contribution is 5.92. The zero-order valence-corrected chi connectivity index (χ0v) is 9.64. The molecule has 1 rings (SSSR count). The van der Waals surface area contributed by atoms with E-state index in [1.165, 1.54) is 0 Å². The van der Waals surface area contributed by atoms with E-state index in [0.29, 0.717) is 18.8 Å². The van der Waals surface area contributed by atoms with Crippen molar-refractivity contribution >= 4 is 12.3 Å². The van der Waals surface area contributed by atoms with E-state index in [0.717, 1.165) is 12.8 Å². The van der Waals surface area contributed by atoms with Crippen molar-refractivity contribution < 1.29 is 9.59 Å². The number of aromatic nitrogens is 1. The summed E-state index contributed by atoms with van der Waals surface area (Å²) < 4.78 is 1.77. The fourth-order valence-corrected chi connectivity index (χ4v) is 1.37. The lowest BCUT2D eigenvalue weighted by molar-refractivity contribution is -0.117. The van der Waals surface area contributed by atoms with E-state index < -0.39 is 0 Å². The van der Waals surface area contributed by atoms with Crippen molar-refractivity contribution in [2.45, 2.75) is 6.42 Å². The lowest BCUT2D eigenvalue weighted by atomic mass is 10.3. The molecule has 1 N–H and O–H groups in total. The van der Waals surface area contributed by atoms with Gasteiger partial charge in [0.2, 0.25) is 6.41 Å². The molecule has 0 bridgehead atoms. The average Bonchev–Trinajstić information content (AvgIpc) is 2.70. The molecule has 0 saturated heterocycles. The standard InChI is InChI=1S/C11H17N3O2/c1-13(9-15)7-4-6-12-11(16)10-5-3-8-14(10)2/h3,5,8-9H,4,6-7H2,1-2H3,(H,12,16). The lowest BCUT2D eigenvalue weighted by Crippen LogP contribution is -2.28. The van der Waals surface area contributed by atoms with Crippen LogP contribution in [-0.2, 0) is 11.8 Å². The first-order chi connectivity index (χ1) is 7.65. The summed E-state index contributed by atoms with van der Waals surface area (Å²) in [6, 6.07) is 3.60. The quantitative estimate of drug-likeness (QED) is 0.554. The topological polar surface area (TPSA) is 54.3 Å². The molecule has 0 fully saturated rings. The van der Waals surface area contributed by atoms with Crippen molar-refractivity contribution in [3.05, 3.63) is 24.0 Å². The number of aryl methyl sites for hydroxylation is 1. The van der Waals surface area contributed by atoms with E-state index >= 15 is 0 Å². The summed E-state index contributed by atoms with van der Waals surface area (Å²) in [5, 5.41) is 2.80. The minimum absolute atomic E-state index is 0.0822. The fourth-order valence-electron chi connectivity index (χ4n) is 1.37. The summed E-state index contributed by atoms with van der Waals surface area (Å²) in [6.45, 7) is 1.22. The Bertz CT molecular complexity index is 360. The van der Waals surface area contributed by atoms with Crippen molar-refractivity contribution in [2.24, 2.45) is 7.05 Å². The number of carbonyl (C=O) groups excluding carboxylic acids is 2. The van der Waals surface area contributed by atoms with Crippen molar-refractivity contribution in [1.29, 1.82) is 0 Å². The lowest BCUT2D eigenvalue weighted by Gasteiger charge is -2.10. The van der Waals surface area contributed by atoms with Gasteiger partial charge in [-0.3, -0.25) is 9.59 Å². The highest BCUT2D eigenvalue weighted by Gasteiger charge is 2.07. The average molecular weight is 223 g/mol. The van der Waals surface area contributed by atoms with E-state index in [4.69, 9.17) is 0 Å². The van der Waals surface area contributed by atoms with Crippen molar-refractivity contribution in [2.75, 3.05) is 20.1 Å². The molecule has 0 unspecified atom stereocenters. The van der Waals surface area contributed by atoms with Gasteiger partial charge in [-0.2, -0.15) is 0 Å². The van der Waals surface area contributed by atoms with Crippen molar-refractivity contribution in [1.82, 2.24) is 14.8 Å². The third-order valence-corrected chi connectivity index (χ3v) is 2.33. The minimum atomic E-state index is -0.0822. The Morgan fingerprint density at radius 1 is 1.62 bits per heavy atom. The van der Waals surface area contributed by atoms with E-state index in [9.17, 15) is 9.59 Å². The van der Waals surface area contributed by atoms with Crippen LogP contribution < -0.4 is 5.32 Å². The van der Waals surface area contributed by atoms with Crippen LogP contribution in [-0.4, -0.2) is 41.9 Å². The van der Waals surface area contributed by atoms with Crippen LogP contribution in [0.25, 0.3) is 0 Å². The van der Waals surface area contributed by atoms with Gasteiger partial charge in [-0.05, 0) is 18.6 Å². The zero-order valence-electron chi connectivity index (χ0n) is 9.64. The molecule has 0 aromatic carbocycles. The molecule has 0 radical (unpaired) electrons. The van der Waals surface area contributed by atoms with Crippen LogP contribution >= 0.6 is 0 Å². The first-order valence-electron chi connectivity index (χ1n) is 5.20. The summed E-state index contributed by atoms with van der Waals surface area (Å²) in [5.41, 5.74) is 0.642. The third-order valence-electron chi connectivity index (χ3n) is 2.33. The van der Waals surface area contributed by atoms with Crippen LogP contribution in [0.4, 0.5) is 0 Å². The molecule has 16 heavy (non-hydrogen) atoms. The monoisotopic (exact) mass is 223 g/mol. The minimum Gasteiger partial charge on any atom is -0.351 e. The molecule has 0 spiro atoms. The van der Waals surface area contributed by atoms with E-state index in [1.807, 2.05) is 19.3 Å². The van der Waals surface area contributed by atoms with Gasteiger partial charge in [-0.1, -0.05) is 0 Å². The van der Waals surface area contributed by atoms with Gasteiger partial charge in [0.15, 0.2) is 0 Å². The maximum absolute atomic E-state index is 11.6. The number of hydrogen-bond donors (Lipinski definition) is 1. The molecule has 1 heterocycles. The Balaban J connectivity index is 2.26. The van der Waals surface area contributed by atoms with E-state index in [1.54, 1.807) is 22.6 Å². The molecule has 5 nitrogen and oxygen atoms in total. The van der Waals surface area contributed by atoms with Gasteiger partial charge in [0.1, 0.15) is 5.69 Å². The molecule has 5 heteroatoms. The van der Waals surface area contributed by atoms with Gasteiger partial charge in [-0.25, -0.2) is 0 Å². The van der Waals surface area contributed by atoms with Gasteiger partial charge in [-0.15, -0.1) is 0 Å². The van der Waals surface area contributed by atoms with Gasteiger partial charge < -0.3 is 14.8 Å².